The number of carbonyl (C=O) groups is 1. The molecule has 2 aliphatic rings. The van der Waals surface area contributed by atoms with Crippen LogP contribution >= 0.6 is 0 Å². The fourth-order valence-electron chi connectivity index (χ4n) is 2.35. The average molecular weight is 224 g/mol. The van der Waals surface area contributed by atoms with E-state index >= 15 is 0 Å². The van der Waals surface area contributed by atoms with Crippen LogP contribution in [0.25, 0.3) is 0 Å². The highest BCUT2D eigenvalue weighted by Crippen LogP contribution is 2.23. The minimum absolute atomic E-state index is 0.0242. The Balaban J connectivity index is 1.97. The molecule has 4 nitrogen and oxygen atoms in total. The molecule has 0 aromatic rings. The summed E-state index contributed by atoms with van der Waals surface area (Å²) in [6.45, 7) is 6.03. The zero-order valence-corrected chi connectivity index (χ0v) is 9.98. The molecule has 90 valence electrons. The molecule has 1 aliphatic carbocycles. The molecule has 4 heteroatoms. The third-order valence-electron chi connectivity index (χ3n) is 3.17. The van der Waals surface area contributed by atoms with Gasteiger partial charge in [0.1, 0.15) is 0 Å². The number of amides is 1. The van der Waals surface area contributed by atoms with Crippen LogP contribution in [0.4, 0.5) is 0 Å². The van der Waals surface area contributed by atoms with Crippen molar-refractivity contribution in [3.8, 4) is 0 Å². The van der Waals surface area contributed by atoms with E-state index in [1.165, 1.54) is 0 Å². The van der Waals surface area contributed by atoms with E-state index in [0.29, 0.717) is 19.7 Å². The van der Waals surface area contributed by atoms with Crippen molar-refractivity contribution in [1.82, 2.24) is 4.90 Å². The molecule has 0 spiro atoms. The van der Waals surface area contributed by atoms with Gasteiger partial charge >= 0.3 is 0 Å². The third kappa shape index (κ3) is 2.44. The zero-order valence-electron chi connectivity index (χ0n) is 9.98. The van der Waals surface area contributed by atoms with Gasteiger partial charge in [0, 0.05) is 19.1 Å². The van der Waals surface area contributed by atoms with Gasteiger partial charge in [0.15, 0.2) is 0 Å². The van der Waals surface area contributed by atoms with Crippen LogP contribution < -0.4 is 5.73 Å². The molecule has 0 saturated carbocycles. The summed E-state index contributed by atoms with van der Waals surface area (Å²) in [6.07, 6.45) is 4.61. The molecule has 0 aromatic carbocycles. The molecule has 2 atom stereocenters. The van der Waals surface area contributed by atoms with Crippen molar-refractivity contribution in [2.24, 2.45) is 11.7 Å². The van der Waals surface area contributed by atoms with E-state index < -0.39 is 0 Å². The molecule has 1 aliphatic heterocycles. The maximum Gasteiger partial charge on any atom is 0.229 e. The first-order chi connectivity index (χ1) is 7.48. The van der Waals surface area contributed by atoms with Gasteiger partial charge in [0.2, 0.25) is 5.91 Å². The largest absolute Gasteiger partial charge is 0.372 e. The average Bonchev–Trinajstić information content (AvgIpc) is 2.62. The van der Waals surface area contributed by atoms with E-state index in [1.54, 1.807) is 0 Å². The Morgan fingerprint density at radius 2 is 2.25 bits per heavy atom. The topological polar surface area (TPSA) is 55.6 Å². The number of nitrogens with zero attached hydrogens (tertiary/aromatic N) is 1. The number of rotatable bonds is 1. The summed E-state index contributed by atoms with van der Waals surface area (Å²) in [5.41, 5.74) is 5.54. The first kappa shape index (κ1) is 11.6. The normalized spacial score (nSPS) is 33.1. The van der Waals surface area contributed by atoms with Crippen LogP contribution in [0.5, 0.6) is 0 Å². The van der Waals surface area contributed by atoms with Gasteiger partial charge in [0.25, 0.3) is 0 Å². The fraction of sp³-hybridized carbons (Fsp3) is 0.750. The minimum Gasteiger partial charge on any atom is -0.372 e. The maximum absolute atomic E-state index is 12.2. The van der Waals surface area contributed by atoms with Gasteiger partial charge < -0.3 is 15.4 Å². The van der Waals surface area contributed by atoms with Crippen LogP contribution in [0.3, 0.4) is 0 Å². The molecule has 2 N–H and O–H groups in total. The molecule has 2 unspecified atom stereocenters. The second-order valence-corrected chi connectivity index (χ2v) is 5.26. The lowest BCUT2D eigenvalue weighted by Gasteiger charge is -2.39. The van der Waals surface area contributed by atoms with Gasteiger partial charge in [0.05, 0.1) is 18.1 Å². The van der Waals surface area contributed by atoms with Crippen LogP contribution in [0.2, 0.25) is 0 Å². The molecule has 16 heavy (non-hydrogen) atoms. The standard InChI is InChI=1S/C12H20N2O2/c1-12(2)8-14(5-6-16-12)11(15)9-3-4-10(13)7-9/h3-4,9-10H,5-8,13H2,1-2H3. The second kappa shape index (κ2) is 4.18. The van der Waals surface area contributed by atoms with Gasteiger partial charge in [-0.3, -0.25) is 4.79 Å². The van der Waals surface area contributed by atoms with Crippen molar-refractivity contribution in [1.29, 1.82) is 0 Å². The minimum atomic E-state index is -0.224. The van der Waals surface area contributed by atoms with E-state index in [1.807, 2.05) is 30.9 Å². The maximum atomic E-state index is 12.2. The molecule has 2 rings (SSSR count). The summed E-state index contributed by atoms with van der Waals surface area (Å²) < 4.78 is 5.59. The molecule has 0 bridgehead atoms. The molecule has 0 aromatic heterocycles. The van der Waals surface area contributed by atoms with Crippen LogP contribution in [0.15, 0.2) is 12.2 Å². The van der Waals surface area contributed by atoms with Crippen molar-refractivity contribution < 1.29 is 9.53 Å². The van der Waals surface area contributed by atoms with E-state index in [4.69, 9.17) is 10.5 Å². The molecule has 1 heterocycles. The Kier molecular flexibility index (Phi) is 3.04. The lowest BCUT2D eigenvalue weighted by molar-refractivity contribution is -0.148. The third-order valence-corrected chi connectivity index (χ3v) is 3.17. The highest BCUT2D eigenvalue weighted by atomic mass is 16.5. The van der Waals surface area contributed by atoms with Gasteiger partial charge in [-0.15, -0.1) is 0 Å². The van der Waals surface area contributed by atoms with Crippen molar-refractivity contribution in [3.05, 3.63) is 12.2 Å². The Hall–Kier alpha value is -0.870. The first-order valence-corrected chi connectivity index (χ1v) is 5.85. The van der Waals surface area contributed by atoms with Crippen LogP contribution in [0.1, 0.15) is 20.3 Å². The van der Waals surface area contributed by atoms with Crippen LogP contribution in [-0.4, -0.2) is 42.1 Å². The van der Waals surface area contributed by atoms with Crippen LogP contribution in [0, 0.1) is 5.92 Å². The van der Waals surface area contributed by atoms with Crippen molar-refractivity contribution in [2.45, 2.75) is 31.9 Å². The molecule has 0 radical (unpaired) electrons. The predicted octanol–water partition coefficient (Wildman–Crippen LogP) is 0.527. The summed E-state index contributed by atoms with van der Waals surface area (Å²) in [5, 5.41) is 0. The highest BCUT2D eigenvalue weighted by Gasteiger charge is 2.33. The van der Waals surface area contributed by atoms with E-state index in [2.05, 4.69) is 0 Å². The van der Waals surface area contributed by atoms with Gasteiger partial charge in [-0.2, -0.15) is 0 Å². The molecule has 1 amide bonds. The smallest absolute Gasteiger partial charge is 0.229 e. The van der Waals surface area contributed by atoms with Crippen LogP contribution in [-0.2, 0) is 9.53 Å². The molecular weight excluding hydrogens is 204 g/mol. The van der Waals surface area contributed by atoms with Gasteiger partial charge in [-0.1, -0.05) is 12.2 Å². The monoisotopic (exact) mass is 224 g/mol. The molecule has 1 fully saturated rings. The number of hydrogen-bond donors (Lipinski definition) is 1. The molecule has 1 saturated heterocycles. The summed E-state index contributed by atoms with van der Waals surface area (Å²) in [6, 6.07) is 0.0444. The number of nitrogens with two attached hydrogens (primary N) is 1. The summed E-state index contributed by atoms with van der Waals surface area (Å²) in [5.74, 6) is 0.171. The van der Waals surface area contributed by atoms with E-state index in [0.717, 1.165) is 6.42 Å². The Labute approximate surface area is 96.4 Å². The van der Waals surface area contributed by atoms with Crippen molar-refractivity contribution in [3.63, 3.8) is 0 Å². The first-order valence-electron chi connectivity index (χ1n) is 5.85. The second-order valence-electron chi connectivity index (χ2n) is 5.26. The van der Waals surface area contributed by atoms with E-state index in [-0.39, 0.29) is 23.5 Å². The lowest BCUT2D eigenvalue weighted by Crippen LogP contribution is -2.52. The Morgan fingerprint density at radius 3 is 2.81 bits per heavy atom. The van der Waals surface area contributed by atoms with Gasteiger partial charge in [-0.05, 0) is 20.3 Å². The quantitative estimate of drug-likeness (QED) is 0.661. The Morgan fingerprint density at radius 1 is 1.50 bits per heavy atom. The van der Waals surface area contributed by atoms with E-state index in [9.17, 15) is 4.79 Å². The predicted molar refractivity (Wildman–Crippen MR) is 61.8 cm³/mol. The Bertz CT molecular complexity index is 312. The SMILES string of the molecule is CC1(C)CN(C(=O)C2C=CC(N)C2)CCO1. The molecular formula is C12H20N2O2. The number of morpholine rings is 1. The lowest BCUT2D eigenvalue weighted by atomic mass is 10.0. The fourth-order valence-corrected chi connectivity index (χ4v) is 2.35. The number of hydrogen-bond acceptors (Lipinski definition) is 3. The van der Waals surface area contributed by atoms with Crippen molar-refractivity contribution in [2.75, 3.05) is 19.7 Å². The number of ether oxygens (including phenoxy) is 1. The highest BCUT2D eigenvalue weighted by molar-refractivity contribution is 5.81. The zero-order chi connectivity index (χ0) is 11.8. The van der Waals surface area contributed by atoms with Gasteiger partial charge in [-0.25, -0.2) is 0 Å². The summed E-state index contributed by atoms with van der Waals surface area (Å²) >= 11 is 0. The number of carbonyl (C=O) groups excluding carboxylic acids is 1. The summed E-state index contributed by atoms with van der Waals surface area (Å²) in [7, 11) is 0. The van der Waals surface area contributed by atoms with Crippen molar-refractivity contribution >= 4 is 5.91 Å². The summed E-state index contributed by atoms with van der Waals surface area (Å²) in [4.78, 5) is 14.1.